The number of amides is 1. The van der Waals surface area contributed by atoms with Crippen molar-refractivity contribution in [3.63, 3.8) is 0 Å². The summed E-state index contributed by atoms with van der Waals surface area (Å²) in [5, 5.41) is 3.38. The van der Waals surface area contributed by atoms with E-state index in [1.165, 1.54) is 0 Å². The van der Waals surface area contributed by atoms with Crippen molar-refractivity contribution in [2.45, 2.75) is 27.7 Å². The number of aryl methyl sites for hydroxylation is 1. The minimum atomic E-state index is -0.612. The summed E-state index contributed by atoms with van der Waals surface area (Å²) < 4.78 is 10.1. The quantitative estimate of drug-likeness (QED) is 0.703. The van der Waals surface area contributed by atoms with Gasteiger partial charge in [0.05, 0.1) is 18.8 Å². The molecule has 1 aromatic heterocycles. The van der Waals surface area contributed by atoms with Crippen LogP contribution in [0.3, 0.4) is 0 Å². The molecule has 27 heavy (non-hydrogen) atoms. The summed E-state index contributed by atoms with van der Waals surface area (Å²) >= 11 is 7.06. The van der Waals surface area contributed by atoms with Gasteiger partial charge < -0.3 is 14.8 Å². The second-order valence-corrected chi connectivity index (χ2v) is 7.05. The monoisotopic (exact) mass is 409 g/mol. The molecule has 0 spiro atoms. The normalized spacial score (nSPS) is 10.4. The van der Waals surface area contributed by atoms with Crippen LogP contribution < -0.4 is 5.32 Å². The molecular formula is C19H20ClNO5S. The number of carbonyl (C=O) groups is 3. The molecule has 0 unspecified atom stereocenters. The van der Waals surface area contributed by atoms with Gasteiger partial charge in [-0.3, -0.25) is 4.79 Å². The number of esters is 2. The summed E-state index contributed by atoms with van der Waals surface area (Å²) in [6.45, 7) is 7.19. The van der Waals surface area contributed by atoms with E-state index in [2.05, 4.69) is 5.32 Å². The van der Waals surface area contributed by atoms with Crippen molar-refractivity contribution >= 4 is 45.8 Å². The summed E-state index contributed by atoms with van der Waals surface area (Å²) in [5.41, 5.74) is 1.74. The number of carbonyl (C=O) groups excluding carboxylic acids is 3. The number of anilines is 1. The molecule has 1 N–H and O–H groups in total. The smallest absolute Gasteiger partial charge is 0.348 e. The van der Waals surface area contributed by atoms with Gasteiger partial charge >= 0.3 is 11.9 Å². The van der Waals surface area contributed by atoms with Crippen molar-refractivity contribution in [1.29, 1.82) is 0 Å². The second-order valence-electron chi connectivity index (χ2n) is 5.62. The minimum absolute atomic E-state index is 0.150. The van der Waals surface area contributed by atoms with E-state index in [-0.39, 0.29) is 28.7 Å². The third-order valence-electron chi connectivity index (χ3n) is 3.75. The number of hydrogen-bond donors (Lipinski definition) is 1. The predicted molar refractivity (Wildman–Crippen MR) is 105 cm³/mol. The largest absolute Gasteiger partial charge is 0.462 e. The first-order valence-electron chi connectivity index (χ1n) is 8.35. The molecule has 144 valence electrons. The van der Waals surface area contributed by atoms with Gasteiger partial charge in [-0.05, 0) is 51.0 Å². The Bertz CT molecular complexity index is 890. The first-order valence-corrected chi connectivity index (χ1v) is 9.54. The summed E-state index contributed by atoms with van der Waals surface area (Å²) in [6.07, 6.45) is 0. The van der Waals surface area contributed by atoms with E-state index in [1.54, 1.807) is 39.0 Å². The summed E-state index contributed by atoms with van der Waals surface area (Å²) in [7, 11) is 0. The van der Waals surface area contributed by atoms with Gasteiger partial charge in [0.15, 0.2) is 0 Å². The van der Waals surface area contributed by atoms with Crippen LogP contribution in [0.5, 0.6) is 0 Å². The van der Waals surface area contributed by atoms with Crippen LogP contribution in [0.25, 0.3) is 0 Å². The maximum absolute atomic E-state index is 12.6. The number of ether oxygens (including phenoxy) is 2. The number of halogens is 1. The average molecular weight is 410 g/mol. The fourth-order valence-electron chi connectivity index (χ4n) is 2.35. The molecule has 1 aromatic carbocycles. The van der Waals surface area contributed by atoms with E-state index in [4.69, 9.17) is 21.1 Å². The average Bonchev–Trinajstić information content (AvgIpc) is 2.94. The molecule has 2 rings (SSSR count). The highest BCUT2D eigenvalue weighted by Crippen LogP contribution is 2.34. The molecule has 1 amide bonds. The van der Waals surface area contributed by atoms with Crippen molar-refractivity contribution in [3.05, 3.63) is 50.4 Å². The zero-order valence-corrected chi connectivity index (χ0v) is 17.0. The molecule has 0 aliphatic rings. The standard InChI is InChI=1S/C19H20ClNO5S/c1-5-25-18(23)14-11(4)15(19(24)26-6-2)27-17(14)21-16(22)12-8-7-10(3)13(20)9-12/h7-9H,5-6H2,1-4H3,(H,21,22). The molecule has 0 aliphatic heterocycles. The second kappa shape index (κ2) is 9.01. The number of nitrogens with one attached hydrogen (secondary N) is 1. The van der Waals surface area contributed by atoms with Crippen LogP contribution in [0.1, 0.15) is 55.4 Å². The van der Waals surface area contributed by atoms with Crippen LogP contribution in [0, 0.1) is 13.8 Å². The van der Waals surface area contributed by atoms with E-state index in [0.29, 0.717) is 16.1 Å². The SMILES string of the molecule is CCOC(=O)c1sc(NC(=O)c2ccc(C)c(Cl)c2)c(C(=O)OCC)c1C. The van der Waals surface area contributed by atoms with E-state index in [0.717, 1.165) is 16.9 Å². The van der Waals surface area contributed by atoms with Crippen LogP contribution >= 0.6 is 22.9 Å². The fourth-order valence-corrected chi connectivity index (χ4v) is 3.62. The maximum atomic E-state index is 12.6. The predicted octanol–water partition coefficient (Wildman–Crippen LogP) is 4.62. The lowest BCUT2D eigenvalue weighted by molar-refractivity contribution is 0.0527. The molecule has 0 fully saturated rings. The Morgan fingerprint density at radius 3 is 2.30 bits per heavy atom. The summed E-state index contributed by atoms with van der Waals surface area (Å²) in [5.74, 6) is -1.61. The molecule has 0 atom stereocenters. The zero-order valence-electron chi connectivity index (χ0n) is 15.5. The van der Waals surface area contributed by atoms with Crippen molar-refractivity contribution in [2.75, 3.05) is 18.5 Å². The van der Waals surface area contributed by atoms with Gasteiger partial charge in [0.1, 0.15) is 9.88 Å². The lowest BCUT2D eigenvalue weighted by Crippen LogP contribution is -2.15. The van der Waals surface area contributed by atoms with Gasteiger partial charge in [0, 0.05) is 10.6 Å². The molecular weight excluding hydrogens is 390 g/mol. The van der Waals surface area contributed by atoms with Gasteiger partial charge in [0.25, 0.3) is 5.91 Å². The lowest BCUT2D eigenvalue weighted by atomic mass is 10.1. The Morgan fingerprint density at radius 2 is 1.70 bits per heavy atom. The van der Waals surface area contributed by atoms with Crippen LogP contribution in [0.2, 0.25) is 5.02 Å². The van der Waals surface area contributed by atoms with Crippen molar-refractivity contribution < 1.29 is 23.9 Å². The fraction of sp³-hybridized carbons (Fsp3) is 0.316. The van der Waals surface area contributed by atoms with Crippen molar-refractivity contribution in [1.82, 2.24) is 0 Å². The molecule has 6 nitrogen and oxygen atoms in total. The highest BCUT2D eigenvalue weighted by Gasteiger charge is 2.27. The van der Waals surface area contributed by atoms with Crippen LogP contribution in [0.4, 0.5) is 5.00 Å². The maximum Gasteiger partial charge on any atom is 0.348 e. The number of thiophene rings is 1. The minimum Gasteiger partial charge on any atom is -0.462 e. The molecule has 0 aliphatic carbocycles. The van der Waals surface area contributed by atoms with Gasteiger partial charge in [0.2, 0.25) is 0 Å². The van der Waals surface area contributed by atoms with Crippen LogP contribution in [-0.2, 0) is 9.47 Å². The number of rotatable bonds is 6. The molecule has 0 radical (unpaired) electrons. The summed E-state index contributed by atoms with van der Waals surface area (Å²) in [6, 6.07) is 4.91. The van der Waals surface area contributed by atoms with E-state index >= 15 is 0 Å². The summed E-state index contributed by atoms with van der Waals surface area (Å²) in [4.78, 5) is 37.4. The Labute approximate surface area is 166 Å². The van der Waals surface area contributed by atoms with Gasteiger partial charge in [-0.2, -0.15) is 0 Å². The molecule has 0 saturated heterocycles. The van der Waals surface area contributed by atoms with E-state index in [9.17, 15) is 14.4 Å². The van der Waals surface area contributed by atoms with Crippen molar-refractivity contribution in [2.24, 2.45) is 0 Å². The first-order chi connectivity index (χ1) is 12.8. The van der Waals surface area contributed by atoms with Gasteiger partial charge in [-0.15, -0.1) is 11.3 Å². The highest BCUT2D eigenvalue weighted by atomic mass is 35.5. The van der Waals surface area contributed by atoms with E-state index in [1.807, 2.05) is 6.92 Å². The Balaban J connectivity index is 2.42. The van der Waals surface area contributed by atoms with Gasteiger partial charge in [-0.1, -0.05) is 17.7 Å². The third kappa shape index (κ3) is 4.67. The molecule has 2 aromatic rings. The number of hydrogen-bond acceptors (Lipinski definition) is 6. The topological polar surface area (TPSA) is 81.7 Å². The van der Waals surface area contributed by atoms with Crippen LogP contribution in [0.15, 0.2) is 18.2 Å². The third-order valence-corrected chi connectivity index (χ3v) is 5.34. The first kappa shape index (κ1) is 20.9. The molecule has 8 heteroatoms. The van der Waals surface area contributed by atoms with Crippen molar-refractivity contribution in [3.8, 4) is 0 Å². The Morgan fingerprint density at radius 1 is 1.07 bits per heavy atom. The molecule has 0 bridgehead atoms. The number of benzene rings is 1. The Hall–Kier alpha value is -2.38. The highest BCUT2D eigenvalue weighted by molar-refractivity contribution is 7.18. The zero-order chi connectivity index (χ0) is 20.1. The van der Waals surface area contributed by atoms with Crippen LogP contribution in [-0.4, -0.2) is 31.1 Å². The molecule has 0 saturated carbocycles. The Kier molecular flexibility index (Phi) is 6.98. The van der Waals surface area contributed by atoms with E-state index < -0.39 is 17.8 Å². The molecule has 1 heterocycles. The lowest BCUT2D eigenvalue weighted by Gasteiger charge is -2.08. The van der Waals surface area contributed by atoms with Gasteiger partial charge in [-0.25, -0.2) is 9.59 Å².